The molecule has 0 unspecified atom stereocenters. The molecule has 0 aliphatic rings. The molecule has 0 radical (unpaired) electrons. The van der Waals surface area contributed by atoms with Crippen LogP contribution in [0.1, 0.15) is 5.56 Å². The van der Waals surface area contributed by atoms with E-state index in [4.69, 9.17) is 17.3 Å². The third-order valence-corrected chi connectivity index (χ3v) is 4.93. The van der Waals surface area contributed by atoms with E-state index in [1.54, 1.807) is 0 Å². The Bertz CT molecular complexity index is 784. The lowest BCUT2D eigenvalue weighted by molar-refractivity contribution is 0.574. The minimum atomic E-state index is -3.85. The van der Waals surface area contributed by atoms with Crippen molar-refractivity contribution in [2.45, 2.75) is 11.4 Å². The zero-order valence-electron chi connectivity index (χ0n) is 10.6. The number of hydrogen-bond acceptors (Lipinski definition) is 3. The molecule has 4 nitrogen and oxygen atoms in total. The van der Waals surface area contributed by atoms with E-state index in [0.29, 0.717) is 9.50 Å². The van der Waals surface area contributed by atoms with Gasteiger partial charge in [-0.1, -0.05) is 27.5 Å². The highest BCUT2D eigenvalue weighted by molar-refractivity contribution is 9.10. The predicted octanol–water partition coefficient (Wildman–Crippen LogP) is 3.30. The minimum Gasteiger partial charge on any atom is -0.398 e. The lowest BCUT2D eigenvalue weighted by atomic mass is 10.2. The summed E-state index contributed by atoms with van der Waals surface area (Å²) < 4.78 is 40.9. The molecule has 21 heavy (non-hydrogen) atoms. The second kappa shape index (κ2) is 6.31. The summed E-state index contributed by atoms with van der Waals surface area (Å²) in [6, 6.07) is 8.36. The van der Waals surface area contributed by atoms with Gasteiger partial charge in [0.15, 0.2) is 0 Å². The summed E-state index contributed by atoms with van der Waals surface area (Å²) in [5.41, 5.74) is 5.90. The van der Waals surface area contributed by atoms with Crippen LogP contribution in [-0.4, -0.2) is 8.42 Å². The van der Waals surface area contributed by atoms with E-state index in [1.807, 2.05) is 0 Å². The molecule has 2 rings (SSSR count). The van der Waals surface area contributed by atoms with E-state index in [-0.39, 0.29) is 22.7 Å². The van der Waals surface area contributed by atoms with E-state index in [2.05, 4.69) is 20.7 Å². The Morgan fingerprint density at radius 2 is 1.95 bits per heavy atom. The predicted molar refractivity (Wildman–Crippen MR) is 84.0 cm³/mol. The van der Waals surface area contributed by atoms with Crippen LogP contribution in [-0.2, 0) is 16.6 Å². The van der Waals surface area contributed by atoms with Crippen LogP contribution < -0.4 is 10.5 Å². The van der Waals surface area contributed by atoms with E-state index in [0.717, 1.165) is 0 Å². The van der Waals surface area contributed by atoms with Gasteiger partial charge in [-0.25, -0.2) is 17.5 Å². The van der Waals surface area contributed by atoms with Gasteiger partial charge < -0.3 is 5.73 Å². The molecule has 0 fully saturated rings. The van der Waals surface area contributed by atoms with Crippen molar-refractivity contribution in [2.24, 2.45) is 0 Å². The molecule has 8 heteroatoms. The number of halogens is 3. The van der Waals surface area contributed by atoms with Crippen LogP contribution in [0.3, 0.4) is 0 Å². The fourth-order valence-corrected chi connectivity index (χ4v) is 3.40. The maximum absolute atomic E-state index is 13.6. The number of rotatable bonds is 4. The van der Waals surface area contributed by atoms with Gasteiger partial charge in [-0.3, -0.25) is 0 Å². The Kier molecular flexibility index (Phi) is 4.88. The zero-order valence-corrected chi connectivity index (χ0v) is 13.8. The van der Waals surface area contributed by atoms with Crippen molar-refractivity contribution in [1.29, 1.82) is 0 Å². The second-order valence-electron chi connectivity index (χ2n) is 4.24. The van der Waals surface area contributed by atoms with Crippen LogP contribution >= 0.6 is 27.5 Å². The molecule has 2 aromatic rings. The molecule has 0 aromatic heterocycles. The molecule has 0 saturated heterocycles. The molecule has 0 atom stereocenters. The summed E-state index contributed by atoms with van der Waals surface area (Å²) in [5.74, 6) is -0.495. The van der Waals surface area contributed by atoms with Gasteiger partial charge in [0.05, 0.1) is 5.69 Å². The fraction of sp³-hybridized carbons (Fsp3) is 0.0769. The summed E-state index contributed by atoms with van der Waals surface area (Å²) in [6.45, 7) is -0.185. The van der Waals surface area contributed by atoms with Crippen LogP contribution in [0.2, 0.25) is 5.02 Å². The maximum atomic E-state index is 13.6. The largest absolute Gasteiger partial charge is 0.398 e. The quantitative estimate of drug-likeness (QED) is 0.783. The molecular weight excluding hydrogens is 383 g/mol. The number of nitrogens with two attached hydrogens (primary N) is 1. The van der Waals surface area contributed by atoms with Crippen LogP contribution in [0.4, 0.5) is 10.1 Å². The third-order valence-electron chi connectivity index (χ3n) is 2.72. The van der Waals surface area contributed by atoms with E-state index >= 15 is 0 Å². The molecule has 0 aliphatic carbocycles. The molecular formula is C13H11BrClFN2O2S. The number of nitrogen functional groups attached to an aromatic ring is 1. The Morgan fingerprint density at radius 3 is 2.62 bits per heavy atom. The highest BCUT2D eigenvalue weighted by Crippen LogP contribution is 2.23. The Hall–Kier alpha value is -1.15. The zero-order chi connectivity index (χ0) is 15.6. The van der Waals surface area contributed by atoms with E-state index in [1.165, 1.54) is 36.4 Å². The van der Waals surface area contributed by atoms with Crippen LogP contribution in [0.5, 0.6) is 0 Å². The molecule has 0 saturated carbocycles. The Morgan fingerprint density at radius 1 is 1.24 bits per heavy atom. The van der Waals surface area contributed by atoms with Gasteiger partial charge in [0.2, 0.25) is 10.0 Å². The normalized spacial score (nSPS) is 11.6. The standard InChI is InChI=1S/C13H11BrClFN2O2S/c14-9-1-3-11(16)8(5-9)7-18-21(19,20)13-4-2-10(15)6-12(13)17/h1-6,18H,7,17H2. The topological polar surface area (TPSA) is 72.2 Å². The van der Waals surface area contributed by atoms with Crippen LogP contribution in [0.25, 0.3) is 0 Å². The van der Waals surface area contributed by atoms with Gasteiger partial charge in [0, 0.05) is 21.6 Å². The average Bonchev–Trinajstić information content (AvgIpc) is 2.39. The first kappa shape index (κ1) is 16.2. The Labute approximate surface area is 135 Å². The molecule has 3 N–H and O–H groups in total. The monoisotopic (exact) mass is 392 g/mol. The highest BCUT2D eigenvalue weighted by Gasteiger charge is 2.18. The molecule has 0 spiro atoms. The lowest BCUT2D eigenvalue weighted by Gasteiger charge is -2.10. The van der Waals surface area contributed by atoms with Crippen molar-refractivity contribution in [3.05, 3.63) is 57.3 Å². The first-order chi connectivity index (χ1) is 9.79. The smallest absolute Gasteiger partial charge is 0.242 e. The molecule has 112 valence electrons. The minimum absolute atomic E-state index is 0.0321. The molecule has 2 aromatic carbocycles. The lowest BCUT2D eigenvalue weighted by Crippen LogP contribution is -2.24. The molecule has 0 heterocycles. The average molecular weight is 394 g/mol. The summed E-state index contributed by atoms with van der Waals surface area (Å²) in [6.07, 6.45) is 0. The number of hydrogen-bond donors (Lipinski definition) is 2. The number of anilines is 1. The number of benzene rings is 2. The van der Waals surface area contributed by atoms with Gasteiger partial charge in [-0.15, -0.1) is 0 Å². The Balaban J connectivity index is 2.24. The maximum Gasteiger partial charge on any atom is 0.242 e. The molecule has 0 bridgehead atoms. The number of nitrogens with one attached hydrogen (secondary N) is 1. The highest BCUT2D eigenvalue weighted by atomic mass is 79.9. The van der Waals surface area contributed by atoms with Crippen molar-refractivity contribution < 1.29 is 12.8 Å². The number of sulfonamides is 1. The van der Waals surface area contributed by atoms with Gasteiger partial charge >= 0.3 is 0 Å². The van der Waals surface area contributed by atoms with Crippen LogP contribution in [0, 0.1) is 5.82 Å². The van der Waals surface area contributed by atoms with Gasteiger partial charge in [0.25, 0.3) is 0 Å². The van der Waals surface area contributed by atoms with Crippen molar-refractivity contribution >= 4 is 43.2 Å². The summed E-state index contributed by atoms with van der Waals surface area (Å²) in [7, 11) is -3.85. The first-order valence-corrected chi connectivity index (χ1v) is 8.43. The van der Waals surface area contributed by atoms with Crippen molar-refractivity contribution in [3.8, 4) is 0 Å². The van der Waals surface area contributed by atoms with Gasteiger partial charge in [0.1, 0.15) is 10.7 Å². The summed E-state index contributed by atoms with van der Waals surface area (Å²) in [4.78, 5) is -0.0951. The van der Waals surface area contributed by atoms with E-state index < -0.39 is 15.8 Å². The SMILES string of the molecule is Nc1cc(Cl)ccc1S(=O)(=O)NCc1cc(Br)ccc1F. The van der Waals surface area contributed by atoms with Gasteiger partial charge in [-0.05, 0) is 36.4 Å². The summed E-state index contributed by atoms with van der Waals surface area (Å²) >= 11 is 8.93. The molecule has 0 aliphatic heterocycles. The van der Waals surface area contributed by atoms with E-state index in [9.17, 15) is 12.8 Å². The third kappa shape index (κ3) is 3.94. The van der Waals surface area contributed by atoms with Crippen LogP contribution in [0.15, 0.2) is 45.8 Å². The summed E-state index contributed by atoms with van der Waals surface area (Å²) in [5, 5.41) is 0.337. The second-order valence-corrected chi connectivity index (χ2v) is 7.33. The van der Waals surface area contributed by atoms with Gasteiger partial charge in [-0.2, -0.15) is 0 Å². The van der Waals surface area contributed by atoms with Crippen molar-refractivity contribution in [2.75, 3.05) is 5.73 Å². The fourth-order valence-electron chi connectivity index (χ4n) is 1.69. The van der Waals surface area contributed by atoms with Crippen molar-refractivity contribution in [1.82, 2.24) is 4.72 Å². The molecule has 0 amide bonds. The van der Waals surface area contributed by atoms with Crippen molar-refractivity contribution in [3.63, 3.8) is 0 Å². The first-order valence-electron chi connectivity index (χ1n) is 5.78.